The molecule has 1 aromatic carbocycles. The highest BCUT2D eigenvalue weighted by Gasteiger charge is 2.30. The standard InChI is InChI=1S/C12H17FN2O/c1-16-12-5-2-8(6-10(12)13)7-11(15-14)9-3-4-9/h2,5-6,9,11,15H,3-4,7,14H2,1H3. The first-order chi connectivity index (χ1) is 7.74. The van der Waals surface area contributed by atoms with Gasteiger partial charge in [-0.05, 0) is 42.9 Å². The lowest BCUT2D eigenvalue weighted by molar-refractivity contribution is 0.385. The van der Waals surface area contributed by atoms with Crippen LogP contribution < -0.4 is 16.0 Å². The van der Waals surface area contributed by atoms with Gasteiger partial charge in [0, 0.05) is 6.04 Å². The molecular weight excluding hydrogens is 207 g/mol. The summed E-state index contributed by atoms with van der Waals surface area (Å²) < 4.78 is 18.3. The average molecular weight is 224 g/mol. The molecule has 0 saturated heterocycles. The summed E-state index contributed by atoms with van der Waals surface area (Å²) in [5, 5.41) is 0. The quantitative estimate of drug-likeness (QED) is 0.590. The highest BCUT2D eigenvalue weighted by Crippen LogP contribution is 2.34. The largest absolute Gasteiger partial charge is 0.494 e. The van der Waals surface area contributed by atoms with Gasteiger partial charge in [0.05, 0.1) is 7.11 Å². The minimum atomic E-state index is -0.313. The van der Waals surface area contributed by atoms with Crippen molar-refractivity contribution in [1.82, 2.24) is 5.43 Å². The highest BCUT2D eigenvalue weighted by molar-refractivity contribution is 5.29. The van der Waals surface area contributed by atoms with Crippen molar-refractivity contribution in [2.45, 2.75) is 25.3 Å². The van der Waals surface area contributed by atoms with Gasteiger partial charge in [0.25, 0.3) is 0 Å². The predicted molar refractivity (Wildman–Crippen MR) is 60.5 cm³/mol. The Hall–Kier alpha value is -1.13. The maximum atomic E-state index is 13.4. The van der Waals surface area contributed by atoms with E-state index in [1.165, 1.54) is 26.0 Å². The third-order valence-electron chi connectivity index (χ3n) is 3.08. The second-order valence-corrected chi connectivity index (χ2v) is 4.28. The molecule has 0 radical (unpaired) electrons. The number of hydrogen-bond donors (Lipinski definition) is 2. The van der Waals surface area contributed by atoms with Gasteiger partial charge in [0.1, 0.15) is 0 Å². The summed E-state index contributed by atoms with van der Waals surface area (Å²) in [6.07, 6.45) is 3.20. The summed E-state index contributed by atoms with van der Waals surface area (Å²) in [6.45, 7) is 0. The summed E-state index contributed by atoms with van der Waals surface area (Å²) in [7, 11) is 1.46. The lowest BCUT2D eigenvalue weighted by atomic mass is 10.0. The molecule has 0 aromatic heterocycles. The van der Waals surface area contributed by atoms with Crippen molar-refractivity contribution in [3.8, 4) is 5.75 Å². The SMILES string of the molecule is COc1ccc(CC(NN)C2CC2)cc1F. The van der Waals surface area contributed by atoms with Gasteiger partial charge in [0.15, 0.2) is 11.6 Å². The number of ether oxygens (including phenoxy) is 1. The lowest BCUT2D eigenvalue weighted by Crippen LogP contribution is -2.38. The van der Waals surface area contributed by atoms with Crippen LogP contribution in [0.5, 0.6) is 5.75 Å². The zero-order valence-electron chi connectivity index (χ0n) is 9.37. The van der Waals surface area contributed by atoms with E-state index in [2.05, 4.69) is 5.43 Å². The van der Waals surface area contributed by atoms with Gasteiger partial charge in [-0.2, -0.15) is 0 Å². The fourth-order valence-electron chi connectivity index (χ4n) is 1.95. The molecule has 1 unspecified atom stereocenters. The lowest BCUT2D eigenvalue weighted by Gasteiger charge is -2.15. The van der Waals surface area contributed by atoms with Crippen molar-refractivity contribution in [2.75, 3.05) is 7.11 Å². The number of rotatable bonds is 5. The van der Waals surface area contributed by atoms with E-state index in [0.29, 0.717) is 5.92 Å². The van der Waals surface area contributed by atoms with Crippen molar-refractivity contribution in [3.63, 3.8) is 0 Å². The Morgan fingerprint density at radius 1 is 1.56 bits per heavy atom. The molecule has 3 N–H and O–H groups in total. The van der Waals surface area contributed by atoms with Crippen LogP contribution in [0.2, 0.25) is 0 Å². The van der Waals surface area contributed by atoms with Crippen molar-refractivity contribution in [2.24, 2.45) is 11.8 Å². The highest BCUT2D eigenvalue weighted by atomic mass is 19.1. The van der Waals surface area contributed by atoms with Crippen molar-refractivity contribution in [1.29, 1.82) is 0 Å². The first kappa shape index (κ1) is 11.4. The molecule has 1 saturated carbocycles. The van der Waals surface area contributed by atoms with E-state index in [-0.39, 0.29) is 17.6 Å². The molecular formula is C12H17FN2O. The second kappa shape index (κ2) is 4.80. The van der Waals surface area contributed by atoms with Crippen LogP contribution in [0.15, 0.2) is 18.2 Å². The maximum absolute atomic E-state index is 13.4. The number of nitrogens with two attached hydrogens (primary N) is 1. The summed E-state index contributed by atoms with van der Waals surface area (Å²) in [6, 6.07) is 5.32. The third kappa shape index (κ3) is 2.51. The Balaban J connectivity index is 2.05. The van der Waals surface area contributed by atoms with Crippen LogP contribution in [0, 0.1) is 11.7 Å². The Bertz CT molecular complexity index is 366. The van der Waals surface area contributed by atoms with Crippen molar-refractivity contribution in [3.05, 3.63) is 29.6 Å². The van der Waals surface area contributed by atoms with Crippen molar-refractivity contribution < 1.29 is 9.13 Å². The van der Waals surface area contributed by atoms with Gasteiger partial charge in [-0.1, -0.05) is 6.07 Å². The molecule has 4 heteroatoms. The first-order valence-electron chi connectivity index (χ1n) is 5.53. The predicted octanol–water partition coefficient (Wildman–Crippen LogP) is 1.62. The summed E-state index contributed by atoms with van der Waals surface area (Å²) in [5.74, 6) is 6.11. The van der Waals surface area contributed by atoms with Crippen LogP contribution in [0.25, 0.3) is 0 Å². The van der Waals surface area contributed by atoms with Crippen LogP contribution >= 0.6 is 0 Å². The van der Waals surface area contributed by atoms with Crippen LogP contribution in [0.3, 0.4) is 0 Å². The van der Waals surface area contributed by atoms with E-state index in [1.54, 1.807) is 6.07 Å². The van der Waals surface area contributed by atoms with Gasteiger partial charge in [0.2, 0.25) is 0 Å². The van der Waals surface area contributed by atoms with Gasteiger partial charge in [-0.15, -0.1) is 0 Å². The van der Waals surface area contributed by atoms with E-state index >= 15 is 0 Å². The maximum Gasteiger partial charge on any atom is 0.165 e. The number of methoxy groups -OCH3 is 1. The molecule has 2 rings (SSSR count). The minimum absolute atomic E-state index is 0.257. The monoisotopic (exact) mass is 224 g/mol. The van der Waals surface area contributed by atoms with E-state index < -0.39 is 0 Å². The zero-order chi connectivity index (χ0) is 11.5. The Labute approximate surface area is 94.8 Å². The number of nitrogens with one attached hydrogen (secondary N) is 1. The van der Waals surface area contributed by atoms with Gasteiger partial charge >= 0.3 is 0 Å². The summed E-state index contributed by atoms with van der Waals surface area (Å²) >= 11 is 0. The molecule has 0 aliphatic heterocycles. The number of halogens is 1. The van der Waals surface area contributed by atoms with Gasteiger partial charge in [-0.3, -0.25) is 11.3 Å². The number of hydrazine groups is 1. The summed E-state index contributed by atoms with van der Waals surface area (Å²) in [4.78, 5) is 0. The Kier molecular flexibility index (Phi) is 3.41. The molecule has 1 atom stereocenters. The van der Waals surface area contributed by atoms with E-state index in [4.69, 9.17) is 10.6 Å². The zero-order valence-corrected chi connectivity index (χ0v) is 9.37. The van der Waals surface area contributed by atoms with Crippen LogP contribution in [-0.4, -0.2) is 13.2 Å². The summed E-state index contributed by atoms with van der Waals surface area (Å²) in [5.41, 5.74) is 3.76. The smallest absolute Gasteiger partial charge is 0.165 e. The van der Waals surface area contributed by atoms with Gasteiger partial charge in [-0.25, -0.2) is 4.39 Å². The normalized spacial score (nSPS) is 17.2. The Morgan fingerprint density at radius 3 is 2.81 bits per heavy atom. The average Bonchev–Trinajstić information content (AvgIpc) is 3.10. The molecule has 0 bridgehead atoms. The fourth-order valence-corrected chi connectivity index (χ4v) is 1.95. The topological polar surface area (TPSA) is 47.3 Å². The molecule has 1 aliphatic rings. The van der Waals surface area contributed by atoms with Crippen molar-refractivity contribution >= 4 is 0 Å². The van der Waals surface area contributed by atoms with Crippen LogP contribution in [0.1, 0.15) is 18.4 Å². The molecule has 0 heterocycles. The van der Waals surface area contributed by atoms with Crippen LogP contribution in [0.4, 0.5) is 4.39 Å². The van der Waals surface area contributed by atoms with Crippen LogP contribution in [-0.2, 0) is 6.42 Å². The van der Waals surface area contributed by atoms with E-state index in [1.807, 2.05) is 6.07 Å². The van der Waals surface area contributed by atoms with E-state index in [0.717, 1.165) is 12.0 Å². The third-order valence-corrected chi connectivity index (χ3v) is 3.08. The fraction of sp³-hybridized carbons (Fsp3) is 0.500. The molecule has 0 spiro atoms. The molecule has 1 aliphatic carbocycles. The molecule has 88 valence electrons. The number of hydrogen-bond acceptors (Lipinski definition) is 3. The number of benzene rings is 1. The molecule has 0 amide bonds. The second-order valence-electron chi connectivity index (χ2n) is 4.28. The first-order valence-corrected chi connectivity index (χ1v) is 5.53. The molecule has 1 fully saturated rings. The molecule has 1 aromatic rings. The molecule has 16 heavy (non-hydrogen) atoms. The Morgan fingerprint density at radius 2 is 2.31 bits per heavy atom. The van der Waals surface area contributed by atoms with E-state index in [9.17, 15) is 4.39 Å². The molecule has 3 nitrogen and oxygen atoms in total. The minimum Gasteiger partial charge on any atom is -0.494 e. The van der Waals surface area contributed by atoms with Gasteiger partial charge < -0.3 is 4.74 Å².